The zero-order valence-corrected chi connectivity index (χ0v) is 22.9. The summed E-state index contributed by atoms with van der Waals surface area (Å²) in [6.07, 6.45) is 2.08. The number of nitrogens with zero attached hydrogens (tertiary/aromatic N) is 4. The number of aromatic amines is 1. The summed E-state index contributed by atoms with van der Waals surface area (Å²) >= 11 is 0. The molecule has 0 fully saturated rings. The molecule has 8 heteroatoms. The van der Waals surface area contributed by atoms with Crippen molar-refractivity contribution in [3.63, 3.8) is 0 Å². The van der Waals surface area contributed by atoms with E-state index in [0.717, 1.165) is 46.2 Å². The number of ether oxygens (including phenoxy) is 1. The summed E-state index contributed by atoms with van der Waals surface area (Å²) in [5.74, 6) is -0.00582. The highest BCUT2D eigenvalue weighted by molar-refractivity contribution is 5.86. The summed E-state index contributed by atoms with van der Waals surface area (Å²) in [6.45, 7) is 6.24. The molecule has 0 aliphatic heterocycles. The Morgan fingerprint density at radius 2 is 1.64 bits per heavy atom. The smallest absolute Gasteiger partial charge is 0.328 e. The van der Waals surface area contributed by atoms with E-state index in [0.29, 0.717) is 18.8 Å². The van der Waals surface area contributed by atoms with Crippen LogP contribution in [0.4, 0.5) is 0 Å². The van der Waals surface area contributed by atoms with Gasteiger partial charge in [-0.3, -0.25) is 4.79 Å². The average molecular weight is 526 g/mol. The summed E-state index contributed by atoms with van der Waals surface area (Å²) in [5.41, 5.74) is 5.92. The number of aromatic nitrogens is 4. The molecule has 1 atom stereocenters. The first-order valence-electron chi connectivity index (χ1n) is 13.3. The van der Waals surface area contributed by atoms with Gasteiger partial charge in [0.1, 0.15) is 6.04 Å². The van der Waals surface area contributed by atoms with E-state index in [-0.39, 0.29) is 11.8 Å². The van der Waals surface area contributed by atoms with Crippen molar-refractivity contribution in [3.05, 3.63) is 78.4 Å². The number of benzene rings is 3. The monoisotopic (exact) mass is 525 g/mol. The van der Waals surface area contributed by atoms with E-state index in [4.69, 9.17) is 4.74 Å². The van der Waals surface area contributed by atoms with E-state index in [9.17, 15) is 9.59 Å². The number of hydrogen-bond acceptors (Lipinski definition) is 6. The van der Waals surface area contributed by atoms with E-state index in [2.05, 4.69) is 44.9 Å². The largest absolute Gasteiger partial charge is 0.467 e. The van der Waals surface area contributed by atoms with Crippen LogP contribution in [0.1, 0.15) is 45.6 Å². The summed E-state index contributed by atoms with van der Waals surface area (Å²) in [6, 6.07) is 23.8. The predicted molar refractivity (Wildman–Crippen MR) is 151 cm³/mol. The molecule has 1 N–H and O–H groups in total. The number of carbonyl (C=O) groups is 2. The molecule has 0 saturated heterocycles. The SMILES string of the molecule is CCCCC(=O)N(Cc1ccc(-c2cc(-c3ccccc3)ccc2-c2nn[nH]n2)cc1)C(C(=O)OC)C(C)C. The number of nitrogens with one attached hydrogen (secondary N) is 1. The van der Waals surface area contributed by atoms with Crippen LogP contribution in [0.3, 0.4) is 0 Å². The fourth-order valence-electron chi connectivity index (χ4n) is 4.74. The molecule has 8 nitrogen and oxygen atoms in total. The summed E-state index contributed by atoms with van der Waals surface area (Å²) in [5, 5.41) is 14.7. The molecule has 1 amide bonds. The second-order valence-corrected chi connectivity index (χ2v) is 9.90. The molecule has 0 saturated carbocycles. The number of H-pyrrole nitrogens is 1. The quantitative estimate of drug-likeness (QED) is 0.244. The van der Waals surface area contributed by atoms with Crippen LogP contribution in [0.25, 0.3) is 33.6 Å². The predicted octanol–water partition coefficient (Wildman–Crippen LogP) is 5.92. The van der Waals surface area contributed by atoms with Crippen LogP contribution in [0.2, 0.25) is 0 Å². The first-order chi connectivity index (χ1) is 18.9. The number of hydrogen-bond donors (Lipinski definition) is 1. The molecule has 4 rings (SSSR count). The van der Waals surface area contributed by atoms with Gasteiger partial charge in [0.05, 0.1) is 7.11 Å². The molecular weight excluding hydrogens is 490 g/mol. The molecule has 0 spiro atoms. The summed E-state index contributed by atoms with van der Waals surface area (Å²) in [4.78, 5) is 27.5. The van der Waals surface area contributed by atoms with Gasteiger partial charge in [0, 0.05) is 18.5 Å². The Balaban J connectivity index is 1.68. The Hall–Kier alpha value is -4.33. The van der Waals surface area contributed by atoms with E-state index in [1.165, 1.54) is 7.11 Å². The van der Waals surface area contributed by atoms with Crippen LogP contribution in [-0.2, 0) is 20.9 Å². The minimum atomic E-state index is -0.647. The number of methoxy groups -OCH3 is 1. The Labute approximate surface area is 229 Å². The molecule has 0 aliphatic carbocycles. The highest BCUT2D eigenvalue weighted by Crippen LogP contribution is 2.34. The Morgan fingerprint density at radius 3 is 2.26 bits per heavy atom. The van der Waals surface area contributed by atoms with E-state index < -0.39 is 12.0 Å². The van der Waals surface area contributed by atoms with E-state index in [1.54, 1.807) is 4.90 Å². The van der Waals surface area contributed by atoms with Gasteiger partial charge in [-0.1, -0.05) is 87.9 Å². The maximum absolute atomic E-state index is 13.2. The third-order valence-corrected chi connectivity index (χ3v) is 6.81. The van der Waals surface area contributed by atoms with Crippen molar-refractivity contribution in [2.24, 2.45) is 5.92 Å². The maximum Gasteiger partial charge on any atom is 0.328 e. The van der Waals surface area contributed by atoms with Crippen LogP contribution in [0.15, 0.2) is 72.8 Å². The van der Waals surface area contributed by atoms with Gasteiger partial charge in [-0.05, 0) is 57.5 Å². The topological polar surface area (TPSA) is 101 Å². The normalized spacial score (nSPS) is 11.8. The Kier molecular flexibility index (Phi) is 9.20. The van der Waals surface area contributed by atoms with Crippen LogP contribution in [0, 0.1) is 5.92 Å². The lowest BCUT2D eigenvalue weighted by molar-refractivity contribution is -0.155. The number of carbonyl (C=O) groups excluding carboxylic acids is 2. The van der Waals surface area contributed by atoms with Crippen LogP contribution in [-0.4, -0.2) is 50.6 Å². The van der Waals surface area contributed by atoms with Crippen molar-refractivity contribution >= 4 is 11.9 Å². The lowest BCUT2D eigenvalue weighted by Gasteiger charge is -2.32. The van der Waals surface area contributed by atoms with Gasteiger partial charge in [0.25, 0.3) is 0 Å². The lowest BCUT2D eigenvalue weighted by atomic mass is 9.93. The fourth-order valence-corrected chi connectivity index (χ4v) is 4.74. The van der Waals surface area contributed by atoms with E-state index in [1.807, 2.05) is 69.3 Å². The van der Waals surface area contributed by atoms with Crippen molar-refractivity contribution in [1.29, 1.82) is 0 Å². The maximum atomic E-state index is 13.2. The summed E-state index contributed by atoms with van der Waals surface area (Å²) < 4.78 is 5.07. The molecule has 202 valence electrons. The third kappa shape index (κ3) is 6.57. The number of tetrazole rings is 1. The fraction of sp³-hybridized carbons (Fsp3) is 0.323. The van der Waals surface area contributed by atoms with Gasteiger partial charge in [-0.2, -0.15) is 5.21 Å². The lowest BCUT2D eigenvalue weighted by Crippen LogP contribution is -2.48. The second kappa shape index (κ2) is 13.0. The van der Waals surface area contributed by atoms with Crippen molar-refractivity contribution in [3.8, 4) is 33.6 Å². The summed E-state index contributed by atoms with van der Waals surface area (Å²) in [7, 11) is 1.37. The molecular formula is C31H35N5O3. The van der Waals surface area contributed by atoms with Crippen molar-refractivity contribution in [2.75, 3.05) is 7.11 Å². The first kappa shape index (κ1) is 27.7. The average Bonchev–Trinajstić information content (AvgIpc) is 3.51. The highest BCUT2D eigenvalue weighted by Gasteiger charge is 2.33. The number of unbranched alkanes of at least 4 members (excludes halogenated alkanes) is 1. The molecule has 1 aromatic heterocycles. The van der Waals surface area contributed by atoms with Gasteiger partial charge in [-0.15, -0.1) is 10.2 Å². The molecule has 1 heterocycles. The Morgan fingerprint density at radius 1 is 0.923 bits per heavy atom. The number of esters is 1. The van der Waals surface area contributed by atoms with Crippen molar-refractivity contribution in [2.45, 2.75) is 52.6 Å². The minimum Gasteiger partial charge on any atom is -0.467 e. The van der Waals surface area contributed by atoms with Crippen LogP contribution < -0.4 is 0 Å². The molecule has 3 aromatic carbocycles. The molecule has 1 unspecified atom stereocenters. The standard InChI is InChI=1S/C31H35N5O3/c1-5-6-12-28(37)36(29(21(2)3)31(38)39-4)20-22-13-15-24(16-14-22)27-19-25(23-10-8-7-9-11-23)17-18-26(27)30-32-34-35-33-30/h7-11,13-19,21,29H,5-6,12,20H2,1-4H3,(H,32,33,34,35). The van der Waals surface area contributed by atoms with Gasteiger partial charge >= 0.3 is 5.97 Å². The number of rotatable bonds is 11. The molecule has 0 aliphatic rings. The molecule has 39 heavy (non-hydrogen) atoms. The van der Waals surface area contributed by atoms with Gasteiger partial charge < -0.3 is 9.64 Å². The van der Waals surface area contributed by atoms with Crippen LogP contribution in [0.5, 0.6) is 0 Å². The van der Waals surface area contributed by atoms with Crippen LogP contribution >= 0.6 is 0 Å². The van der Waals surface area contributed by atoms with Crippen molar-refractivity contribution < 1.29 is 14.3 Å². The molecule has 0 radical (unpaired) electrons. The van der Waals surface area contributed by atoms with Gasteiger partial charge in [0.15, 0.2) is 0 Å². The number of amides is 1. The van der Waals surface area contributed by atoms with E-state index >= 15 is 0 Å². The molecule has 0 bridgehead atoms. The zero-order valence-electron chi connectivity index (χ0n) is 22.9. The third-order valence-electron chi connectivity index (χ3n) is 6.81. The van der Waals surface area contributed by atoms with Crippen molar-refractivity contribution in [1.82, 2.24) is 25.5 Å². The first-order valence-corrected chi connectivity index (χ1v) is 13.3. The zero-order chi connectivity index (χ0) is 27.8. The molecule has 4 aromatic rings. The van der Waals surface area contributed by atoms with Gasteiger partial charge in [-0.25, -0.2) is 4.79 Å². The minimum absolute atomic E-state index is 0.0417. The highest BCUT2D eigenvalue weighted by atomic mass is 16.5. The Bertz CT molecular complexity index is 1370. The second-order valence-electron chi connectivity index (χ2n) is 9.90. The van der Waals surface area contributed by atoms with Gasteiger partial charge in [0.2, 0.25) is 11.7 Å².